The second-order valence-corrected chi connectivity index (χ2v) is 5.98. The van der Waals surface area contributed by atoms with Crippen molar-refractivity contribution in [1.29, 1.82) is 0 Å². The molecule has 1 heterocycles. The van der Waals surface area contributed by atoms with Gasteiger partial charge in [-0.15, -0.1) is 0 Å². The molecule has 1 unspecified atom stereocenters. The maximum absolute atomic E-state index is 6.28. The molecule has 0 amide bonds. The Hall–Kier alpha value is -1.19. The van der Waals surface area contributed by atoms with Crippen LogP contribution in [-0.4, -0.2) is 6.54 Å². The van der Waals surface area contributed by atoms with Crippen molar-refractivity contribution in [2.45, 2.75) is 13.0 Å². The Morgan fingerprint density at radius 1 is 1.26 bits per heavy atom. The summed E-state index contributed by atoms with van der Waals surface area (Å²) in [5.41, 5.74) is 3.27. The van der Waals surface area contributed by atoms with E-state index in [1.807, 2.05) is 30.3 Å². The van der Waals surface area contributed by atoms with Gasteiger partial charge in [-0.3, -0.25) is 0 Å². The van der Waals surface area contributed by atoms with E-state index in [-0.39, 0.29) is 6.10 Å². The third-order valence-electron chi connectivity index (χ3n) is 3.19. The molecule has 4 heteroatoms. The molecule has 1 atom stereocenters. The Kier molecular flexibility index (Phi) is 3.42. The second-order valence-electron chi connectivity index (χ2n) is 4.65. The fraction of sp³-hybridized carbons (Fsp3) is 0.200. The zero-order valence-corrected chi connectivity index (χ0v) is 12.8. The predicted molar refractivity (Wildman–Crippen MR) is 82.2 cm³/mol. The molecule has 0 radical (unpaired) electrons. The number of fused-ring (bicyclic) bond motifs is 1. The zero-order chi connectivity index (χ0) is 13.4. The molecule has 0 spiro atoms. The number of hydrogen-bond donors (Lipinski definition) is 1. The van der Waals surface area contributed by atoms with Crippen LogP contribution in [0.25, 0.3) is 0 Å². The number of ether oxygens (including phenoxy) is 1. The van der Waals surface area contributed by atoms with E-state index < -0.39 is 0 Å². The minimum atomic E-state index is -0.0594. The van der Waals surface area contributed by atoms with Crippen LogP contribution in [0, 0.1) is 6.92 Å². The van der Waals surface area contributed by atoms with Gasteiger partial charge in [0.15, 0.2) is 0 Å². The number of rotatable bonds is 1. The quantitative estimate of drug-likeness (QED) is 0.794. The third-order valence-corrected chi connectivity index (χ3v) is 4.01. The van der Waals surface area contributed by atoms with Gasteiger partial charge in [0.2, 0.25) is 0 Å². The van der Waals surface area contributed by atoms with E-state index in [4.69, 9.17) is 16.3 Å². The molecule has 2 aromatic rings. The summed E-state index contributed by atoms with van der Waals surface area (Å²) in [6.45, 7) is 2.79. The van der Waals surface area contributed by atoms with Crippen molar-refractivity contribution < 1.29 is 4.74 Å². The number of halogens is 2. The van der Waals surface area contributed by atoms with Crippen molar-refractivity contribution >= 4 is 33.2 Å². The van der Waals surface area contributed by atoms with E-state index in [9.17, 15) is 0 Å². The average Bonchev–Trinajstić information content (AvgIpc) is 2.38. The van der Waals surface area contributed by atoms with Gasteiger partial charge in [0, 0.05) is 15.1 Å². The summed E-state index contributed by atoms with van der Waals surface area (Å²) in [4.78, 5) is 0. The molecule has 1 N–H and O–H groups in total. The van der Waals surface area contributed by atoms with Crippen LogP contribution in [0.5, 0.6) is 5.75 Å². The Labute approximate surface area is 125 Å². The van der Waals surface area contributed by atoms with Crippen LogP contribution in [0.15, 0.2) is 40.9 Å². The van der Waals surface area contributed by atoms with Gasteiger partial charge in [-0.2, -0.15) is 0 Å². The van der Waals surface area contributed by atoms with E-state index in [0.29, 0.717) is 0 Å². The molecule has 1 aliphatic rings. The number of hydrogen-bond acceptors (Lipinski definition) is 2. The van der Waals surface area contributed by atoms with Crippen LogP contribution in [0.2, 0.25) is 5.02 Å². The molecule has 2 nitrogen and oxygen atoms in total. The monoisotopic (exact) mass is 337 g/mol. The molecule has 0 saturated carbocycles. The van der Waals surface area contributed by atoms with Crippen molar-refractivity contribution in [2.75, 3.05) is 11.9 Å². The van der Waals surface area contributed by atoms with Crippen molar-refractivity contribution in [3.8, 4) is 5.75 Å². The van der Waals surface area contributed by atoms with Gasteiger partial charge in [0.05, 0.1) is 12.2 Å². The van der Waals surface area contributed by atoms with Crippen molar-refractivity contribution in [2.24, 2.45) is 0 Å². The molecule has 98 valence electrons. The third kappa shape index (κ3) is 2.58. The van der Waals surface area contributed by atoms with Crippen molar-refractivity contribution in [1.82, 2.24) is 0 Å². The summed E-state index contributed by atoms with van der Waals surface area (Å²) in [6, 6.07) is 12.0. The first kappa shape index (κ1) is 12.8. The molecular weight excluding hydrogens is 326 g/mol. The number of benzene rings is 2. The van der Waals surface area contributed by atoms with Gasteiger partial charge < -0.3 is 10.1 Å². The molecule has 0 fully saturated rings. The fourth-order valence-electron chi connectivity index (χ4n) is 2.22. The highest BCUT2D eigenvalue weighted by Gasteiger charge is 2.22. The van der Waals surface area contributed by atoms with Crippen LogP contribution >= 0.6 is 27.5 Å². The molecule has 0 aliphatic carbocycles. The van der Waals surface area contributed by atoms with E-state index in [1.54, 1.807) is 0 Å². The Morgan fingerprint density at radius 3 is 2.89 bits per heavy atom. The maximum atomic E-state index is 6.28. The highest BCUT2D eigenvalue weighted by Crippen LogP contribution is 2.37. The largest absolute Gasteiger partial charge is 0.482 e. The van der Waals surface area contributed by atoms with Crippen molar-refractivity contribution in [3.63, 3.8) is 0 Å². The number of anilines is 1. The summed E-state index contributed by atoms with van der Waals surface area (Å²) in [6.07, 6.45) is -0.0594. The average molecular weight is 339 g/mol. The lowest BCUT2D eigenvalue weighted by molar-refractivity contribution is 0.210. The van der Waals surface area contributed by atoms with E-state index in [1.165, 1.54) is 5.56 Å². The van der Waals surface area contributed by atoms with Crippen LogP contribution < -0.4 is 10.1 Å². The Balaban J connectivity index is 1.91. The first-order chi connectivity index (χ1) is 9.13. The van der Waals surface area contributed by atoms with E-state index >= 15 is 0 Å². The molecule has 2 aromatic carbocycles. The number of nitrogens with one attached hydrogen (secondary N) is 1. The predicted octanol–water partition coefficient (Wildman–Crippen LogP) is 4.96. The lowest BCUT2D eigenvalue weighted by Crippen LogP contribution is -2.23. The normalized spacial score (nSPS) is 17.3. The minimum Gasteiger partial charge on any atom is -0.482 e. The summed E-state index contributed by atoms with van der Waals surface area (Å²) < 4.78 is 7.00. The van der Waals surface area contributed by atoms with Crippen LogP contribution in [-0.2, 0) is 0 Å². The first-order valence-electron chi connectivity index (χ1n) is 6.09. The van der Waals surface area contributed by atoms with Gasteiger partial charge in [-0.25, -0.2) is 0 Å². The highest BCUT2D eigenvalue weighted by atomic mass is 79.9. The van der Waals surface area contributed by atoms with Gasteiger partial charge in [0.25, 0.3) is 0 Å². The zero-order valence-electron chi connectivity index (χ0n) is 10.4. The standard InChI is InChI=1S/C15H13BrClNO/c1-9-2-5-14-13(6-9)18-8-15(19-14)11-4-3-10(16)7-12(11)17/h2-7,15,18H,8H2,1H3. The maximum Gasteiger partial charge on any atom is 0.143 e. The topological polar surface area (TPSA) is 21.3 Å². The smallest absolute Gasteiger partial charge is 0.143 e. The lowest BCUT2D eigenvalue weighted by Gasteiger charge is -2.28. The highest BCUT2D eigenvalue weighted by molar-refractivity contribution is 9.10. The van der Waals surface area contributed by atoms with Crippen LogP contribution in [0.3, 0.4) is 0 Å². The van der Waals surface area contributed by atoms with Gasteiger partial charge in [-0.1, -0.05) is 39.7 Å². The summed E-state index contributed by atoms with van der Waals surface area (Å²) >= 11 is 9.69. The summed E-state index contributed by atoms with van der Waals surface area (Å²) in [5, 5.41) is 4.12. The molecule has 3 rings (SSSR count). The van der Waals surface area contributed by atoms with Crippen molar-refractivity contribution in [3.05, 3.63) is 57.0 Å². The molecule has 19 heavy (non-hydrogen) atoms. The molecule has 0 bridgehead atoms. The summed E-state index contributed by atoms with van der Waals surface area (Å²) in [7, 11) is 0. The van der Waals surface area contributed by atoms with Gasteiger partial charge in [0.1, 0.15) is 11.9 Å². The van der Waals surface area contributed by atoms with Gasteiger partial charge in [-0.05, 0) is 36.8 Å². The second kappa shape index (κ2) is 5.06. The van der Waals surface area contributed by atoms with E-state index in [0.717, 1.165) is 33.0 Å². The lowest BCUT2D eigenvalue weighted by atomic mass is 10.1. The molecule has 0 aromatic heterocycles. The van der Waals surface area contributed by atoms with E-state index in [2.05, 4.69) is 34.2 Å². The molecular formula is C15H13BrClNO. The molecule has 1 aliphatic heterocycles. The SMILES string of the molecule is Cc1ccc2c(c1)NCC(c1ccc(Br)cc1Cl)O2. The Morgan fingerprint density at radius 2 is 2.11 bits per heavy atom. The Bertz CT molecular complexity index is 630. The van der Waals surface area contributed by atoms with Crippen LogP contribution in [0.4, 0.5) is 5.69 Å². The summed E-state index contributed by atoms with van der Waals surface area (Å²) in [5.74, 6) is 0.876. The number of aryl methyl sites for hydroxylation is 1. The fourth-order valence-corrected chi connectivity index (χ4v) is 3.01. The first-order valence-corrected chi connectivity index (χ1v) is 7.27. The minimum absolute atomic E-state index is 0.0594. The van der Waals surface area contributed by atoms with Gasteiger partial charge >= 0.3 is 0 Å². The van der Waals surface area contributed by atoms with Crippen LogP contribution in [0.1, 0.15) is 17.2 Å². The molecule has 0 saturated heterocycles.